The van der Waals surface area contributed by atoms with Crippen molar-refractivity contribution in [3.63, 3.8) is 0 Å². The van der Waals surface area contributed by atoms with Crippen LogP contribution >= 0.6 is 0 Å². The van der Waals surface area contributed by atoms with E-state index in [0.29, 0.717) is 13.0 Å². The predicted molar refractivity (Wildman–Crippen MR) is 93.1 cm³/mol. The van der Waals surface area contributed by atoms with Gasteiger partial charge in [-0.1, -0.05) is 54.6 Å². The lowest BCUT2D eigenvalue weighted by Gasteiger charge is -2.08. The first-order chi connectivity index (χ1) is 11.7. The minimum absolute atomic E-state index is 0.0837. The summed E-state index contributed by atoms with van der Waals surface area (Å²) < 4.78 is 0. The molecule has 24 heavy (non-hydrogen) atoms. The van der Waals surface area contributed by atoms with E-state index < -0.39 is 10.8 Å². The number of nitro benzene ring substituents is 1. The van der Waals surface area contributed by atoms with Crippen LogP contribution in [0.4, 0.5) is 5.69 Å². The summed E-state index contributed by atoms with van der Waals surface area (Å²) in [6.45, 7) is 0.416. The molecule has 0 unspecified atom stereocenters. The Morgan fingerprint density at radius 2 is 1.67 bits per heavy atom. The van der Waals surface area contributed by atoms with Gasteiger partial charge < -0.3 is 5.32 Å². The number of para-hydroxylation sites is 1. The van der Waals surface area contributed by atoms with Crippen molar-refractivity contribution < 1.29 is 9.72 Å². The number of hydrogen-bond acceptors (Lipinski definition) is 3. The summed E-state index contributed by atoms with van der Waals surface area (Å²) in [6, 6.07) is 20.1. The molecule has 3 rings (SSSR count). The van der Waals surface area contributed by atoms with Crippen LogP contribution in [0.2, 0.25) is 0 Å². The standard InChI is InChI=1S/C19H16N2O3/c22-19(17-10-3-4-11-18(17)21(23)24)20-13-12-15-8-5-7-14-6-1-2-9-16(14)15/h1-11H,12-13H2,(H,20,22). The van der Waals surface area contributed by atoms with Gasteiger partial charge in [0.1, 0.15) is 5.56 Å². The lowest BCUT2D eigenvalue weighted by Crippen LogP contribution is -2.26. The highest BCUT2D eigenvalue weighted by Gasteiger charge is 2.18. The zero-order chi connectivity index (χ0) is 16.9. The van der Waals surface area contributed by atoms with E-state index in [4.69, 9.17) is 0 Å². The first-order valence-electron chi connectivity index (χ1n) is 7.65. The molecule has 5 heteroatoms. The van der Waals surface area contributed by atoms with Crippen LogP contribution in [0, 0.1) is 10.1 Å². The van der Waals surface area contributed by atoms with Gasteiger partial charge in [-0.25, -0.2) is 0 Å². The fourth-order valence-corrected chi connectivity index (χ4v) is 2.74. The van der Waals surface area contributed by atoms with E-state index in [2.05, 4.69) is 11.4 Å². The van der Waals surface area contributed by atoms with Crippen LogP contribution in [0.15, 0.2) is 66.7 Å². The van der Waals surface area contributed by atoms with Gasteiger partial charge >= 0.3 is 0 Å². The Balaban J connectivity index is 1.70. The maximum absolute atomic E-state index is 12.2. The van der Waals surface area contributed by atoms with Gasteiger partial charge in [0.05, 0.1) is 4.92 Å². The third-order valence-corrected chi connectivity index (χ3v) is 3.91. The second-order valence-corrected chi connectivity index (χ2v) is 5.42. The highest BCUT2D eigenvalue weighted by atomic mass is 16.6. The van der Waals surface area contributed by atoms with E-state index in [1.54, 1.807) is 12.1 Å². The largest absolute Gasteiger partial charge is 0.351 e. The van der Waals surface area contributed by atoms with Crippen LogP contribution in [-0.2, 0) is 6.42 Å². The van der Waals surface area contributed by atoms with Crippen LogP contribution in [-0.4, -0.2) is 17.4 Å². The summed E-state index contributed by atoms with van der Waals surface area (Å²) in [4.78, 5) is 22.7. The van der Waals surface area contributed by atoms with Crippen LogP contribution in [0.3, 0.4) is 0 Å². The van der Waals surface area contributed by atoms with Crippen molar-refractivity contribution in [1.82, 2.24) is 5.32 Å². The van der Waals surface area contributed by atoms with Gasteiger partial charge in [-0.2, -0.15) is 0 Å². The quantitative estimate of drug-likeness (QED) is 0.575. The lowest BCUT2D eigenvalue weighted by atomic mass is 10.0. The van der Waals surface area contributed by atoms with E-state index in [1.165, 1.54) is 12.1 Å². The third kappa shape index (κ3) is 3.25. The molecule has 0 saturated carbocycles. The molecule has 0 aliphatic heterocycles. The normalized spacial score (nSPS) is 10.5. The van der Waals surface area contributed by atoms with E-state index in [-0.39, 0.29) is 11.3 Å². The fourth-order valence-electron chi connectivity index (χ4n) is 2.74. The van der Waals surface area contributed by atoms with Gasteiger partial charge in [0, 0.05) is 12.6 Å². The molecule has 5 nitrogen and oxygen atoms in total. The number of hydrogen-bond donors (Lipinski definition) is 1. The number of nitrogens with one attached hydrogen (secondary N) is 1. The minimum Gasteiger partial charge on any atom is -0.351 e. The van der Waals surface area contributed by atoms with Gasteiger partial charge in [-0.15, -0.1) is 0 Å². The Hall–Kier alpha value is -3.21. The van der Waals surface area contributed by atoms with Crippen LogP contribution in [0.1, 0.15) is 15.9 Å². The zero-order valence-corrected chi connectivity index (χ0v) is 12.9. The molecule has 0 atom stereocenters. The van der Waals surface area contributed by atoms with E-state index in [0.717, 1.165) is 16.3 Å². The van der Waals surface area contributed by atoms with Gasteiger partial charge in [0.2, 0.25) is 0 Å². The van der Waals surface area contributed by atoms with Gasteiger partial charge in [-0.05, 0) is 28.8 Å². The molecular weight excluding hydrogens is 304 g/mol. The molecule has 1 N–H and O–H groups in total. The Morgan fingerprint density at radius 1 is 0.958 bits per heavy atom. The number of nitro groups is 1. The van der Waals surface area contributed by atoms with Crippen molar-refractivity contribution in [3.8, 4) is 0 Å². The molecule has 0 radical (unpaired) electrons. The van der Waals surface area contributed by atoms with Crippen molar-refractivity contribution in [2.45, 2.75) is 6.42 Å². The third-order valence-electron chi connectivity index (χ3n) is 3.91. The Bertz CT molecular complexity index is 901. The number of amides is 1. The van der Waals surface area contributed by atoms with Crippen LogP contribution < -0.4 is 5.32 Å². The lowest BCUT2D eigenvalue weighted by molar-refractivity contribution is -0.385. The average Bonchev–Trinajstić information content (AvgIpc) is 2.61. The monoisotopic (exact) mass is 320 g/mol. The van der Waals surface area contributed by atoms with Gasteiger partial charge in [-0.3, -0.25) is 14.9 Å². The van der Waals surface area contributed by atoms with Gasteiger partial charge in [0.15, 0.2) is 0 Å². The minimum atomic E-state index is -0.542. The Morgan fingerprint density at radius 3 is 2.50 bits per heavy atom. The van der Waals surface area contributed by atoms with Crippen LogP contribution in [0.5, 0.6) is 0 Å². The molecule has 0 fully saturated rings. The Labute approximate surface area is 139 Å². The summed E-state index contributed by atoms with van der Waals surface area (Å²) in [5, 5.41) is 16.1. The number of benzene rings is 3. The van der Waals surface area contributed by atoms with Crippen molar-refractivity contribution >= 4 is 22.4 Å². The van der Waals surface area contributed by atoms with E-state index in [1.807, 2.05) is 36.4 Å². The number of carbonyl (C=O) groups excluding carboxylic acids is 1. The summed E-state index contributed by atoms with van der Waals surface area (Å²) >= 11 is 0. The highest BCUT2D eigenvalue weighted by molar-refractivity contribution is 5.98. The fraction of sp³-hybridized carbons (Fsp3) is 0.105. The van der Waals surface area contributed by atoms with Gasteiger partial charge in [0.25, 0.3) is 11.6 Å². The molecule has 0 spiro atoms. The molecule has 3 aromatic carbocycles. The molecule has 120 valence electrons. The van der Waals surface area contributed by atoms with Crippen molar-refractivity contribution in [3.05, 3.63) is 88.0 Å². The summed E-state index contributed by atoms with van der Waals surface area (Å²) in [5.74, 6) is -0.428. The molecule has 0 aliphatic carbocycles. The molecule has 0 aromatic heterocycles. The zero-order valence-electron chi connectivity index (χ0n) is 12.9. The second kappa shape index (κ2) is 6.91. The molecule has 0 aliphatic rings. The van der Waals surface area contributed by atoms with Crippen molar-refractivity contribution in [2.75, 3.05) is 6.54 Å². The second-order valence-electron chi connectivity index (χ2n) is 5.42. The number of carbonyl (C=O) groups is 1. The highest BCUT2D eigenvalue weighted by Crippen LogP contribution is 2.19. The topological polar surface area (TPSA) is 72.2 Å². The first-order valence-corrected chi connectivity index (χ1v) is 7.65. The maximum atomic E-state index is 12.2. The number of rotatable bonds is 5. The van der Waals surface area contributed by atoms with E-state index >= 15 is 0 Å². The predicted octanol–water partition coefficient (Wildman–Crippen LogP) is 3.72. The molecule has 0 heterocycles. The van der Waals surface area contributed by atoms with Crippen LogP contribution in [0.25, 0.3) is 10.8 Å². The summed E-state index contributed by atoms with van der Waals surface area (Å²) in [5.41, 5.74) is 1.04. The summed E-state index contributed by atoms with van der Waals surface area (Å²) in [6.07, 6.45) is 0.660. The van der Waals surface area contributed by atoms with Crippen molar-refractivity contribution in [2.24, 2.45) is 0 Å². The molecule has 1 amide bonds. The summed E-state index contributed by atoms with van der Waals surface area (Å²) in [7, 11) is 0. The molecular formula is C19H16N2O3. The average molecular weight is 320 g/mol. The molecule has 3 aromatic rings. The molecule has 0 bridgehead atoms. The maximum Gasteiger partial charge on any atom is 0.282 e. The Kier molecular flexibility index (Phi) is 4.52. The number of nitrogens with zero attached hydrogens (tertiary/aromatic N) is 1. The molecule has 0 saturated heterocycles. The smallest absolute Gasteiger partial charge is 0.282 e. The van der Waals surface area contributed by atoms with E-state index in [9.17, 15) is 14.9 Å². The number of fused-ring (bicyclic) bond motifs is 1. The van der Waals surface area contributed by atoms with Crippen molar-refractivity contribution in [1.29, 1.82) is 0 Å². The first kappa shape index (κ1) is 15.7. The SMILES string of the molecule is O=C(NCCc1cccc2ccccc12)c1ccccc1[N+](=O)[O-].